The second-order valence-electron chi connectivity index (χ2n) is 17.5. The molecule has 61 heavy (non-hydrogen) atoms. The van der Waals surface area contributed by atoms with Gasteiger partial charge in [0.2, 0.25) is 5.91 Å². The highest BCUT2D eigenvalue weighted by Crippen LogP contribution is 2.52. The van der Waals surface area contributed by atoms with Gasteiger partial charge in [-0.2, -0.15) is 5.26 Å². The molecule has 5 atom stereocenters. The number of urea groups is 1. The summed E-state index contributed by atoms with van der Waals surface area (Å²) in [6.07, 6.45) is -3.08. The van der Waals surface area contributed by atoms with Crippen LogP contribution in [0, 0.1) is 11.3 Å². The molecule has 0 saturated carbocycles. The summed E-state index contributed by atoms with van der Waals surface area (Å²) in [5.41, 5.74) is 1.35. The molecule has 2 aliphatic heterocycles. The van der Waals surface area contributed by atoms with Gasteiger partial charge in [0, 0.05) is 32.1 Å². The summed E-state index contributed by atoms with van der Waals surface area (Å²) in [7, 11) is 0.333. The molecule has 0 aliphatic carbocycles. The van der Waals surface area contributed by atoms with Crippen LogP contribution in [0.3, 0.4) is 0 Å². The van der Waals surface area contributed by atoms with Gasteiger partial charge in [-0.15, -0.1) is 0 Å². The van der Waals surface area contributed by atoms with Crippen molar-refractivity contribution in [2.45, 2.75) is 122 Å². The predicted octanol–water partition coefficient (Wildman–Crippen LogP) is 9.07. The van der Waals surface area contributed by atoms with E-state index in [9.17, 15) is 14.9 Å². The second kappa shape index (κ2) is 20.5. The number of carbonyl (C=O) groups excluding carboxylic acids is 2. The number of rotatable bonds is 19. The fourth-order valence-electron chi connectivity index (χ4n) is 7.56. The van der Waals surface area contributed by atoms with Crippen molar-refractivity contribution in [2.24, 2.45) is 0 Å². The van der Waals surface area contributed by atoms with Gasteiger partial charge in [0.05, 0.1) is 39.9 Å². The number of amides is 3. The van der Waals surface area contributed by atoms with E-state index in [1.807, 2.05) is 78.9 Å². The van der Waals surface area contributed by atoms with E-state index >= 15 is 0 Å². The highest BCUT2D eigenvalue weighted by Gasteiger charge is 2.56. The van der Waals surface area contributed by atoms with Crippen molar-refractivity contribution >= 4 is 28.8 Å². The quantitative estimate of drug-likeness (QED) is 0.0495. The maximum atomic E-state index is 14.1. The molecule has 0 N–H and O–H groups in total. The van der Waals surface area contributed by atoms with Crippen LogP contribution in [0.25, 0.3) is 0 Å². The van der Waals surface area contributed by atoms with E-state index in [1.165, 1.54) is 7.05 Å². The van der Waals surface area contributed by atoms with E-state index < -0.39 is 53.0 Å². The monoisotopic (exact) mass is 876 g/mol. The summed E-state index contributed by atoms with van der Waals surface area (Å²) >= 11 is 0. The Bertz CT molecular complexity index is 1880. The van der Waals surface area contributed by atoms with Gasteiger partial charge in [0.25, 0.3) is 8.53 Å². The normalized spacial score (nSPS) is 20.8. The first-order chi connectivity index (χ1) is 28.9. The van der Waals surface area contributed by atoms with Crippen molar-refractivity contribution in [3.63, 3.8) is 0 Å². The Balaban J connectivity index is 1.71. The molecule has 2 saturated heterocycles. The standard InChI is InChI=1S/C46H65N4O9PSi/c1-32(2)50(33(3)4)60(56-30-16-28-47)58-41-39(57-43(42(41)59-61(11,12)45(5,6)7)49-29-27-40(51)48(8)44(49)52)31-55-46(34-17-14-13-15-18-34,35-19-23-37(53-9)24-20-35)36-21-25-38(54-10)26-22-36/h13-15,17-26,32-33,39,41-43H,16,27,29-31H2,1-12H3/t39-,41-,42-,43-,60?/m1/s1. The fraction of sp³-hybridized carbons (Fsp3) is 0.543. The van der Waals surface area contributed by atoms with E-state index in [-0.39, 0.29) is 55.6 Å². The third-order valence-corrected chi connectivity index (χ3v) is 18.4. The third kappa shape index (κ3) is 10.7. The van der Waals surface area contributed by atoms with Crippen LogP contribution in [-0.2, 0) is 33.3 Å². The zero-order valence-electron chi connectivity index (χ0n) is 37.9. The fourth-order valence-corrected chi connectivity index (χ4v) is 10.6. The van der Waals surface area contributed by atoms with Gasteiger partial charge in [-0.05, 0) is 86.8 Å². The Morgan fingerprint density at radius 3 is 1.90 bits per heavy atom. The first-order valence-electron chi connectivity index (χ1n) is 21.0. The number of benzene rings is 3. The summed E-state index contributed by atoms with van der Waals surface area (Å²) in [6, 6.07) is 27.4. The first-order valence-corrected chi connectivity index (χ1v) is 25.1. The molecule has 5 rings (SSSR count). The van der Waals surface area contributed by atoms with Crippen LogP contribution in [0.2, 0.25) is 18.1 Å². The Morgan fingerprint density at radius 1 is 0.869 bits per heavy atom. The molecule has 13 nitrogen and oxygen atoms in total. The van der Waals surface area contributed by atoms with Crippen LogP contribution in [0.4, 0.5) is 4.79 Å². The summed E-state index contributed by atoms with van der Waals surface area (Å²) in [5, 5.41) is 9.30. The topological polar surface area (TPSA) is 132 Å². The number of hydrogen-bond donors (Lipinski definition) is 0. The van der Waals surface area contributed by atoms with Gasteiger partial charge in [-0.25, -0.2) is 9.46 Å². The van der Waals surface area contributed by atoms with E-state index in [4.69, 9.17) is 32.4 Å². The molecule has 0 aromatic heterocycles. The molecule has 332 valence electrons. The van der Waals surface area contributed by atoms with Crippen molar-refractivity contribution in [1.29, 1.82) is 5.26 Å². The number of ether oxygens (including phenoxy) is 4. The van der Waals surface area contributed by atoms with E-state index in [0.717, 1.165) is 21.6 Å². The van der Waals surface area contributed by atoms with Crippen LogP contribution in [-0.4, -0.2) is 112 Å². The number of carbonyl (C=O) groups is 2. The molecule has 0 radical (unpaired) electrons. The van der Waals surface area contributed by atoms with Gasteiger partial charge in [-0.3, -0.25) is 14.6 Å². The summed E-state index contributed by atoms with van der Waals surface area (Å²) in [6.45, 7) is 19.4. The Hall–Kier alpha value is -3.90. The zero-order chi connectivity index (χ0) is 44.7. The van der Waals surface area contributed by atoms with Crippen LogP contribution in [0.1, 0.15) is 78.0 Å². The van der Waals surface area contributed by atoms with Crippen LogP contribution in [0.5, 0.6) is 11.5 Å². The molecule has 3 aromatic carbocycles. The molecule has 2 fully saturated rings. The minimum absolute atomic E-state index is 0.0139. The average molecular weight is 877 g/mol. The molecule has 3 aromatic rings. The minimum atomic E-state index is -2.62. The Morgan fingerprint density at radius 2 is 1.41 bits per heavy atom. The number of hydrogen-bond acceptors (Lipinski definition) is 11. The molecule has 0 bridgehead atoms. The minimum Gasteiger partial charge on any atom is -0.497 e. The molecular weight excluding hydrogens is 812 g/mol. The van der Waals surface area contributed by atoms with Crippen LogP contribution >= 0.6 is 8.53 Å². The summed E-state index contributed by atoms with van der Waals surface area (Å²) < 4.78 is 49.0. The highest BCUT2D eigenvalue weighted by molar-refractivity contribution is 7.44. The summed E-state index contributed by atoms with van der Waals surface area (Å²) in [5.74, 6) is 1.13. The van der Waals surface area contributed by atoms with Gasteiger partial charge in [0.1, 0.15) is 35.4 Å². The average Bonchev–Trinajstić information content (AvgIpc) is 3.55. The molecule has 2 heterocycles. The molecular formula is C46H65N4O9PSi. The van der Waals surface area contributed by atoms with Gasteiger partial charge >= 0.3 is 6.03 Å². The van der Waals surface area contributed by atoms with Gasteiger partial charge in [-0.1, -0.05) is 75.4 Å². The lowest BCUT2D eigenvalue weighted by atomic mass is 9.80. The maximum absolute atomic E-state index is 14.1. The SMILES string of the molecule is COc1ccc(C(OC[C@H]2O[C@@H](N3CCC(=O)N(C)C3=O)[C@H](O[Si](C)(C)C(C)(C)C)[C@@H]2OP(OCCC#N)N(C(C)C)C(C)C)(c2ccccc2)c2ccc(OC)cc2)cc1. The maximum Gasteiger partial charge on any atom is 0.328 e. The van der Waals surface area contributed by atoms with E-state index in [1.54, 1.807) is 19.1 Å². The van der Waals surface area contributed by atoms with Crippen molar-refractivity contribution in [3.8, 4) is 17.6 Å². The van der Waals surface area contributed by atoms with Gasteiger partial charge in [0.15, 0.2) is 14.5 Å². The van der Waals surface area contributed by atoms with Crippen molar-refractivity contribution in [1.82, 2.24) is 14.5 Å². The Kier molecular flexibility index (Phi) is 16.2. The van der Waals surface area contributed by atoms with E-state index in [0.29, 0.717) is 11.5 Å². The zero-order valence-corrected chi connectivity index (χ0v) is 39.8. The van der Waals surface area contributed by atoms with Crippen molar-refractivity contribution in [3.05, 3.63) is 95.6 Å². The number of methoxy groups -OCH3 is 2. The molecule has 2 aliphatic rings. The molecule has 1 unspecified atom stereocenters. The lowest BCUT2D eigenvalue weighted by Gasteiger charge is -2.44. The van der Waals surface area contributed by atoms with Crippen LogP contribution in [0.15, 0.2) is 78.9 Å². The van der Waals surface area contributed by atoms with Crippen molar-refractivity contribution < 1.29 is 42.0 Å². The molecule has 15 heteroatoms. The lowest BCUT2D eigenvalue weighted by molar-refractivity contribution is -0.137. The highest BCUT2D eigenvalue weighted by atomic mass is 31.2. The largest absolute Gasteiger partial charge is 0.497 e. The van der Waals surface area contributed by atoms with Crippen molar-refractivity contribution in [2.75, 3.05) is 41.0 Å². The van der Waals surface area contributed by atoms with Crippen LogP contribution < -0.4 is 9.47 Å². The lowest BCUT2D eigenvalue weighted by Crippen LogP contribution is -2.59. The van der Waals surface area contributed by atoms with E-state index in [2.05, 4.69) is 72.3 Å². The smallest absolute Gasteiger partial charge is 0.328 e. The first kappa shape index (κ1) is 48.1. The van der Waals surface area contributed by atoms with Gasteiger partial charge < -0.3 is 32.4 Å². The third-order valence-electron chi connectivity index (χ3n) is 11.8. The number of nitrogens with zero attached hydrogens (tertiary/aromatic N) is 4. The molecule has 0 spiro atoms. The second-order valence-corrected chi connectivity index (χ2v) is 23.7. The predicted molar refractivity (Wildman–Crippen MR) is 239 cm³/mol. The Labute approximate surface area is 365 Å². The summed E-state index contributed by atoms with van der Waals surface area (Å²) in [4.78, 5) is 29.6. The molecule has 3 amide bonds. The number of nitriles is 1. The number of imide groups is 1.